The number of aryl methyl sites for hydroxylation is 1. The number of benzene rings is 2. The topological polar surface area (TPSA) is 43.9 Å². The molecule has 0 bridgehead atoms. The van der Waals surface area contributed by atoms with Gasteiger partial charge < -0.3 is 9.80 Å². The van der Waals surface area contributed by atoms with E-state index in [9.17, 15) is 9.59 Å². The van der Waals surface area contributed by atoms with Crippen LogP contribution < -0.4 is 0 Å². The summed E-state index contributed by atoms with van der Waals surface area (Å²) in [7, 11) is 0. The highest BCUT2D eigenvalue weighted by atomic mass is 32.1. The molecule has 3 heterocycles. The van der Waals surface area contributed by atoms with Crippen LogP contribution in [0.1, 0.15) is 46.0 Å². The van der Waals surface area contributed by atoms with Crippen molar-refractivity contribution in [3.8, 4) is 0 Å². The molecule has 182 valence electrons. The quantitative estimate of drug-likeness (QED) is 0.508. The van der Waals surface area contributed by atoms with Crippen molar-refractivity contribution in [2.24, 2.45) is 0 Å². The fourth-order valence-electron chi connectivity index (χ4n) is 5.21. The van der Waals surface area contributed by atoms with Crippen molar-refractivity contribution >= 4 is 23.2 Å². The summed E-state index contributed by atoms with van der Waals surface area (Å²) in [6.07, 6.45) is 1.44. The molecule has 1 aromatic heterocycles. The van der Waals surface area contributed by atoms with E-state index in [1.165, 1.54) is 21.6 Å². The van der Waals surface area contributed by atoms with E-state index < -0.39 is 0 Å². The first-order valence-corrected chi connectivity index (χ1v) is 13.4. The number of nitrogens with zero attached hydrogens (tertiary/aromatic N) is 3. The molecule has 0 saturated carbocycles. The molecular weight excluding hydrogens is 454 g/mol. The van der Waals surface area contributed by atoms with Gasteiger partial charge >= 0.3 is 0 Å². The second-order valence-electron chi connectivity index (χ2n) is 9.59. The Morgan fingerprint density at radius 2 is 1.57 bits per heavy atom. The summed E-state index contributed by atoms with van der Waals surface area (Å²) < 4.78 is 0. The van der Waals surface area contributed by atoms with Gasteiger partial charge in [0.1, 0.15) is 0 Å². The van der Waals surface area contributed by atoms with Crippen molar-refractivity contribution < 1.29 is 9.59 Å². The lowest BCUT2D eigenvalue weighted by Crippen LogP contribution is -2.48. The number of hydrogen-bond donors (Lipinski definition) is 0. The largest absolute Gasteiger partial charge is 0.340 e. The molecule has 2 amide bonds. The Morgan fingerprint density at radius 1 is 0.857 bits per heavy atom. The fraction of sp³-hybridized carbons (Fsp3) is 0.379. The Balaban J connectivity index is 1.17. The summed E-state index contributed by atoms with van der Waals surface area (Å²) >= 11 is 1.78. The van der Waals surface area contributed by atoms with Crippen LogP contribution in [0.3, 0.4) is 0 Å². The van der Waals surface area contributed by atoms with Gasteiger partial charge in [-0.1, -0.05) is 60.2 Å². The molecule has 2 aliphatic heterocycles. The van der Waals surface area contributed by atoms with Gasteiger partial charge in [-0.2, -0.15) is 0 Å². The van der Waals surface area contributed by atoms with Crippen molar-refractivity contribution in [2.45, 2.75) is 38.8 Å². The first-order valence-electron chi connectivity index (χ1n) is 12.5. The van der Waals surface area contributed by atoms with Gasteiger partial charge in [-0.3, -0.25) is 14.5 Å². The van der Waals surface area contributed by atoms with E-state index in [0.717, 1.165) is 44.7 Å². The molecule has 5 rings (SSSR count). The third-order valence-corrected chi connectivity index (χ3v) is 8.20. The summed E-state index contributed by atoms with van der Waals surface area (Å²) in [5.74, 6) is 0.168. The van der Waals surface area contributed by atoms with Crippen LogP contribution >= 0.6 is 11.3 Å². The number of hydrogen-bond acceptors (Lipinski definition) is 4. The van der Waals surface area contributed by atoms with Gasteiger partial charge in [0.2, 0.25) is 11.8 Å². The second kappa shape index (κ2) is 10.8. The molecule has 1 fully saturated rings. The number of carbonyl (C=O) groups is 2. The zero-order valence-corrected chi connectivity index (χ0v) is 21.2. The van der Waals surface area contributed by atoms with Crippen LogP contribution in [0.4, 0.5) is 0 Å². The zero-order chi connectivity index (χ0) is 24.2. The molecule has 1 saturated heterocycles. The summed E-state index contributed by atoms with van der Waals surface area (Å²) in [4.78, 5) is 34.0. The second-order valence-corrected chi connectivity index (χ2v) is 10.6. The maximum Gasteiger partial charge on any atom is 0.223 e. The van der Waals surface area contributed by atoms with Crippen molar-refractivity contribution in [3.63, 3.8) is 0 Å². The Bertz CT molecular complexity index is 1150. The van der Waals surface area contributed by atoms with Crippen molar-refractivity contribution in [2.75, 3.05) is 32.7 Å². The minimum atomic E-state index is -0.0604. The predicted molar refractivity (Wildman–Crippen MR) is 140 cm³/mol. The fourth-order valence-corrected chi connectivity index (χ4v) is 6.11. The Labute approximate surface area is 212 Å². The number of fused-ring (bicyclic) bond motifs is 1. The first kappa shape index (κ1) is 23.8. The number of carbonyl (C=O) groups excluding carboxylic acids is 2. The molecular formula is C29H33N3O2S. The molecule has 3 aromatic rings. The maximum absolute atomic E-state index is 13.4. The Hall–Kier alpha value is -2.96. The molecule has 1 atom stereocenters. The molecule has 0 spiro atoms. The minimum absolute atomic E-state index is 0.0604. The van der Waals surface area contributed by atoms with E-state index in [-0.39, 0.29) is 30.7 Å². The molecule has 0 aliphatic carbocycles. The van der Waals surface area contributed by atoms with Crippen LogP contribution in [-0.4, -0.2) is 59.2 Å². The van der Waals surface area contributed by atoms with E-state index in [1.54, 1.807) is 11.3 Å². The third kappa shape index (κ3) is 5.49. The average Bonchev–Trinajstić information content (AvgIpc) is 3.37. The lowest BCUT2D eigenvalue weighted by Gasteiger charge is -2.37. The van der Waals surface area contributed by atoms with E-state index in [4.69, 9.17) is 0 Å². The van der Waals surface area contributed by atoms with Crippen LogP contribution in [0, 0.1) is 6.92 Å². The van der Waals surface area contributed by atoms with E-state index in [2.05, 4.69) is 71.8 Å². The summed E-state index contributed by atoms with van der Waals surface area (Å²) in [5, 5.41) is 2.13. The van der Waals surface area contributed by atoms with Crippen molar-refractivity contribution in [3.05, 3.63) is 93.2 Å². The highest BCUT2D eigenvalue weighted by molar-refractivity contribution is 7.10. The molecule has 2 aromatic carbocycles. The van der Waals surface area contributed by atoms with E-state index in [0.29, 0.717) is 6.54 Å². The average molecular weight is 488 g/mol. The monoisotopic (exact) mass is 487 g/mol. The van der Waals surface area contributed by atoms with Gasteiger partial charge in [-0.05, 0) is 41.5 Å². The molecule has 35 heavy (non-hydrogen) atoms. The normalized spacial score (nSPS) is 18.4. The number of thiophene rings is 1. The molecule has 1 unspecified atom stereocenters. The van der Waals surface area contributed by atoms with Crippen LogP contribution in [0.25, 0.3) is 0 Å². The predicted octanol–water partition coefficient (Wildman–Crippen LogP) is 4.66. The SMILES string of the molecule is Cc1ccc(C2c3ccsc3CCN2C(=O)CCC(=O)N2CCN(Cc3ccccc3)CC2)cc1. The van der Waals surface area contributed by atoms with Gasteiger partial charge in [0.05, 0.1) is 6.04 Å². The van der Waals surface area contributed by atoms with Crippen LogP contribution in [0.15, 0.2) is 66.0 Å². The molecule has 5 nitrogen and oxygen atoms in total. The maximum atomic E-state index is 13.4. The van der Waals surface area contributed by atoms with Crippen LogP contribution in [0.5, 0.6) is 0 Å². The van der Waals surface area contributed by atoms with Crippen LogP contribution in [-0.2, 0) is 22.6 Å². The standard InChI is InChI=1S/C29H33N3O2S/c1-22-7-9-24(10-8-22)29-25-14-20-35-26(25)13-15-32(29)28(34)12-11-27(33)31-18-16-30(17-19-31)21-23-5-3-2-4-6-23/h2-10,14,20,29H,11-13,15-19,21H2,1H3. The number of rotatable bonds is 6. The van der Waals surface area contributed by atoms with Crippen LogP contribution in [0.2, 0.25) is 0 Å². The van der Waals surface area contributed by atoms with E-state index in [1.807, 2.05) is 15.9 Å². The van der Waals surface area contributed by atoms with Gasteiger partial charge in [0.25, 0.3) is 0 Å². The number of amides is 2. The molecule has 0 N–H and O–H groups in total. The van der Waals surface area contributed by atoms with Crippen molar-refractivity contribution in [1.29, 1.82) is 0 Å². The molecule has 2 aliphatic rings. The highest BCUT2D eigenvalue weighted by Crippen LogP contribution is 2.38. The lowest BCUT2D eigenvalue weighted by atomic mass is 9.92. The van der Waals surface area contributed by atoms with Gasteiger partial charge in [-0.15, -0.1) is 11.3 Å². The third-order valence-electron chi connectivity index (χ3n) is 7.21. The minimum Gasteiger partial charge on any atom is -0.340 e. The van der Waals surface area contributed by atoms with E-state index >= 15 is 0 Å². The number of piperazine rings is 1. The van der Waals surface area contributed by atoms with Crippen molar-refractivity contribution in [1.82, 2.24) is 14.7 Å². The van der Waals surface area contributed by atoms with Gasteiger partial charge in [0.15, 0.2) is 0 Å². The summed E-state index contributed by atoms with van der Waals surface area (Å²) in [6.45, 7) is 6.91. The summed E-state index contributed by atoms with van der Waals surface area (Å²) in [5.41, 5.74) is 4.89. The first-order chi connectivity index (χ1) is 17.1. The summed E-state index contributed by atoms with van der Waals surface area (Å²) in [6, 6.07) is 21.0. The smallest absolute Gasteiger partial charge is 0.223 e. The zero-order valence-electron chi connectivity index (χ0n) is 20.4. The Kier molecular flexibility index (Phi) is 7.30. The lowest BCUT2D eigenvalue weighted by molar-refractivity contribution is -0.139. The van der Waals surface area contributed by atoms with Gasteiger partial charge in [-0.25, -0.2) is 0 Å². The molecule has 6 heteroatoms. The highest BCUT2D eigenvalue weighted by Gasteiger charge is 2.33. The Morgan fingerprint density at radius 3 is 2.31 bits per heavy atom. The van der Waals surface area contributed by atoms with Gasteiger partial charge in [0, 0.05) is 57.0 Å². The molecule has 0 radical (unpaired) electrons.